The zero-order chi connectivity index (χ0) is 14.6. The molecular formula is C17H31N3. The van der Waals surface area contributed by atoms with Crippen molar-refractivity contribution < 1.29 is 0 Å². The zero-order valence-electron chi connectivity index (χ0n) is 13.5. The van der Waals surface area contributed by atoms with E-state index in [9.17, 15) is 5.26 Å². The Labute approximate surface area is 124 Å². The summed E-state index contributed by atoms with van der Waals surface area (Å²) in [6.45, 7) is 10.4. The van der Waals surface area contributed by atoms with Crippen LogP contribution in [0.3, 0.4) is 0 Å². The number of nitrogens with zero attached hydrogens (tertiary/aromatic N) is 2. The van der Waals surface area contributed by atoms with Gasteiger partial charge in [0.25, 0.3) is 0 Å². The Hall–Kier alpha value is -0.590. The van der Waals surface area contributed by atoms with Crippen LogP contribution in [0.25, 0.3) is 0 Å². The fourth-order valence-corrected chi connectivity index (χ4v) is 3.81. The molecule has 114 valence electrons. The lowest BCUT2D eigenvalue weighted by molar-refractivity contribution is 0.191. The number of nitrogens with one attached hydrogen (secondary N) is 1. The minimum Gasteiger partial charge on any atom is -0.300 e. The molecule has 0 aromatic carbocycles. The van der Waals surface area contributed by atoms with Crippen molar-refractivity contribution >= 4 is 0 Å². The lowest BCUT2D eigenvalue weighted by Gasteiger charge is -2.30. The predicted octanol–water partition coefficient (Wildman–Crippen LogP) is 3.31. The largest absolute Gasteiger partial charge is 0.300 e. The zero-order valence-corrected chi connectivity index (χ0v) is 13.5. The van der Waals surface area contributed by atoms with E-state index >= 15 is 0 Å². The lowest BCUT2D eigenvalue weighted by atomic mass is 9.85. The van der Waals surface area contributed by atoms with Gasteiger partial charge < -0.3 is 4.90 Å². The number of nitriles is 1. The van der Waals surface area contributed by atoms with Crippen molar-refractivity contribution in [1.29, 1.82) is 5.26 Å². The van der Waals surface area contributed by atoms with Crippen molar-refractivity contribution in [2.24, 2.45) is 5.41 Å². The van der Waals surface area contributed by atoms with Crippen LogP contribution in [0.2, 0.25) is 0 Å². The van der Waals surface area contributed by atoms with Crippen LogP contribution >= 0.6 is 0 Å². The van der Waals surface area contributed by atoms with E-state index < -0.39 is 0 Å². The minimum atomic E-state index is -0.248. The highest BCUT2D eigenvalue weighted by Crippen LogP contribution is 2.36. The first-order valence-electron chi connectivity index (χ1n) is 8.41. The third-order valence-corrected chi connectivity index (χ3v) is 5.31. The van der Waals surface area contributed by atoms with E-state index in [1.807, 2.05) is 0 Å². The molecule has 20 heavy (non-hydrogen) atoms. The van der Waals surface area contributed by atoms with Gasteiger partial charge in [0.15, 0.2) is 0 Å². The van der Waals surface area contributed by atoms with Crippen molar-refractivity contribution in [2.75, 3.05) is 19.6 Å². The quantitative estimate of drug-likeness (QED) is 0.857. The van der Waals surface area contributed by atoms with E-state index in [2.05, 4.69) is 37.1 Å². The molecule has 3 nitrogen and oxygen atoms in total. The maximum absolute atomic E-state index is 9.57. The minimum absolute atomic E-state index is 0.248. The molecule has 2 fully saturated rings. The maximum Gasteiger partial charge on any atom is 0.108 e. The highest BCUT2D eigenvalue weighted by Gasteiger charge is 2.41. The normalized spacial score (nSPS) is 34.6. The molecular weight excluding hydrogens is 246 g/mol. The summed E-state index contributed by atoms with van der Waals surface area (Å²) in [5, 5.41) is 13.1. The number of hydrogen-bond donors (Lipinski definition) is 1. The van der Waals surface area contributed by atoms with Gasteiger partial charge in [0, 0.05) is 6.04 Å². The summed E-state index contributed by atoms with van der Waals surface area (Å²) in [6.07, 6.45) is 8.28. The average Bonchev–Trinajstić information content (AvgIpc) is 2.76. The van der Waals surface area contributed by atoms with Crippen molar-refractivity contribution in [3.05, 3.63) is 0 Å². The molecule has 0 bridgehead atoms. The van der Waals surface area contributed by atoms with Gasteiger partial charge in [0.2, 0.25) is 0 Å². The second-order valence-electron chi connectivity index (χ2n) is 7.57. The molecule has 0 radical (unpaired) electrons. The van der Waals surface area contributed by atoms with Crippen LogP contribution in [0.15, 0.2) is 0 Å². The van der Waals surface area contributed by atoms with Crippen LogP contribution in [-0.4, -0.2) is 36.1 Å². The summed E-state index contributed by atoms with van der Waals surface area (Å²) in [6, 6.07) is 3.19. The first-order valence-corrected chi connectivity index (χ1v) is 8.41. The first-order chi connectivity index (χ1) is 9.50. The van der Waals surface area contributed by atoms with Gasteiger partial charge in [-0.3, -0.25) is 5.32 Å². The highest BCUT2D eigenvalue weighted by atomic mass is 15.2. The van der Waals surface area contributed by atoms with E-state index in [1.54, 1.807) is 0 Å². The van der Waals surface area contributed by atoms with Crippen LogP contribution in [0.5, 0.6) is 0 Å². The summed E-state index contributed by atoms with van der Waals surface area (Å²) >= 11 is 0. The topological polar surface area (TPSA) is 39.1 Å². The monoisotopic (exact) mass is 277 g/mol. The molecule has 0 amide bonds. The van der Waals surface area contributed by atoms with Crippen molar-refractivity contribution in [3.63, 3.8) is 0 Å². The Kier molecular flexibility index (Phi) is 5.09. The summed E-state index contributed by atoms with van der Waals surface area (Å²) in [4.78, 5) is 2.67. The van der Waals surface area contributed by atoms with Gasteiger partial charge in [0.1, 0.15) is 5.54 Å². The molecule has 3 heteroatoms. The van der Waals surface area contributed by atoms with Crippen molar-refractivity contribution in [3.8, 4) is 6.07 Å². The SMILES string of the molecule is CCCNC1(C#N)CCC(N2CCCC(C)(C)CC2)C1. The van der Waals surface area contributed by atoms with Crippen LogP contribution in [-0.2, 0) is 0 Å². The molecule has 1 aliphatic heterocycles. The summed E-state index contributed by atoms with van der Waals surface area (Å²) < 4.78 is 0. The predicted molar refractivity (Wildman–Crippen MR) is 83.5 cm³/mol. The molecule has 1 aliphatic carbocycles. The van der Waals surface area contributed by atoms with Gasteiger partial charge in [-0.05, 0) is 70.0 Å². The fourth-order valence-electron chi connectivity index (χ4n) is 3.81. The summed E-state index contributed by atoms with van der Waals surface area (Å²) in [5.74, 6) is 0. The molecule has 1 saturated heterocycles. The molecule has 0 aromatic heterocycles. The molecule has 1 N–H and O–H groups in total. The molecule has 0 aromatic rings. The van der Waals surface area contributed by atoms with Gasteiger partial charge in [-0.15, -0.1) is 0 Å². The third kappa shape index (κ3) is 3.74. The molecule has 2 unspecified atom stereocenters. The number of rotatable bonds is 4. The maximum atomic E-state index is 9.57. The average molecular weight is 277 g/mol. The molecule has 1 saturated carbocycles. The lowest BCUT2D eigenvalue weighted by Crippen LogP contribution is -2.44. The second-order valence-corrected chi connectivity index (χ2v) is 7.57. The highest BCUT2D eigenvalue weighted by molar-refractivity contribution is 5.13. The van der Waals surface area contributed by atoms with Gasteiger partial charge in [-0.1, -0.05) is 20.8 Å². The van der Waals surface area contributed by atoms with E-state index in [-0.39, 0.29) is 5.54 Å². The van der Waals surface area contributed by atoms with Crippen molar-refractivity contribution in [2.45, 2.75) is 77.3 Å². The van der Waals surface area contributed by atoms with Crippen LogP contribution in [0.1, 0.15) is 65.7 Å². The van der Waals surface area contributed by atoms with Crippen molar-refractivity contribution in [1.82, 2.24) is 10.2 Å². The molecule has 1 heterocycles. The van der Waals surface area contributed by atoms with Crippen LogP contribution in [0, 0.1) is 16.7 Å². The molecule has 2 atom stereocenters. The van der Waals surface area contributed by atoms with Gasteiger partial charge in [-0.25, -0.2) is 0 Å². The Bertz CT molecular complexity index is 358. The van der Waals surface area contributed by atoms with Crippen LogP contribution < -0.4 is 5.32 Å². The van der Waals surface area contributed by atoms with Gasteiger partial charge in [0.05, 0.1) is 6.07 Å². The standard InChI is InChI=1S/C17H31N3/c1-4-10-19-17(14-18)8-6-15(13-17)20-11-5-7-16(2,3)9-12-20/h15,19H,4-13H2,1-3H3. The van der Waals surface area contributed by atoms with Gasteiger partial charge >= 0.3 is 0 Å². The van der Waals surface area contributed by atoms with Crippen LogP contribution in [0.4, 0.5) is 0 Å². The van der Waals surface area contributed by atoms with E-state index in [0.29, 0.717) is 11.5 Å². The van der Waals surface area contributed by atoms with E-state index in [0.717, 1.165) is 25.8 Å². The molecule has 2 rings (SSSR count). The second kappa shape index (κ2) is 6.45. The Morgan fingerprint density at radius 2 is 2.05 bits per heavy atom. The third-order valence-electron chi connectivity index (χ3n) is 5.31. The van der Waals surface area contributed by atoms with E-state index in [1.165, 1.54) is 38.8 Å². The molecule has 0 spiro atoms. The van der Waals surface area contributed by atoms with E-state index in [4.69, 9.17) is 0 Å². The fraction of sp³-hybridized carbons (Fsp3) is 0.941. The Balaban J connectivity index is 1.93. The van der Waals surface area contributed by atoms with Gasteiger partial charge in [-0.2, -0.15) is 5.26 Å². The Morgan fingerprint density at radius 3 is 2.75 bits per heavy atom. The smallest absolute Gasteiger partial charge is 0.108 e. The Morgan fingerprint density at radius 1 is 1.25 bits per heavy atom. The first kappa shape index (κ1) is 15.8. The summed E-state index contributed by atoms with van der Waals surface area (Å²) in [7, 11) is 0. The number of hydrogen-bond acceptors (Lipinski definition) is 3. The molecule has 2 aliphatic rings. The number of likely N-dealkylation sites (tertiary alicyclic amines) is 1. The summed E-state index contributed by atoms with van der Waals surface area (Å²) in [5.41, 5.74) is 0.253.